The van der Waals surface area contributed by atoms with Gasteiger partial charge < -0.3 is 5.32 Å². The molecular weight excluding hydrogens is 428 g/mol. The fraction of sp³-hybridized carbons (Fsp3) is 0.286. The van der Waals surface area contributed by atoms with E-state index in [0.29, 0.717) is 12.8 Å². The molecule has 0 saturated carbocycles. The van der Waals surface area contributed by atoms with Crippen molar-refractivity contribution in [1.29, 1.82) is 0 Å². The molecule has 4 nitrogen and oxygen atoms in total. The van der Waals surface area contributed by atoms with Crippen LogP contribution < -0.4 is 10.2 Å². The van der Waals surface area contributed by atoms with E-state index in [4.69, 9.17) is 0 Å². The van der Waals surface area contributed by atoms with Crippen LogP contribution >= 0.6 is 11.8 Å². The molecule has 0 aliphatic heterocycles. The smallest absolute Gasteiger partial charge is 0.245 e. The molecule has 0 radical (unpaired) electrons. The van der Waals surface area contributed by atoms with Crippen molar-refractivity contribution in [3.05, 3.63) is 84.9 Å². The van der Waals surface area contributed by atoms with E-state index in [1.54, 1.807) is 4.90 Å². The second-order valence-corrected chi connectivity index (χ2v) is 10.4. The number of para-hydroxylation sites is 2. The highest BCUT2D eigenvalue weighted by atomic mass is 32.2. The number of hydrogen-bond acceptors (Lipinski definition) is 3. The maximum absolute atomic E-state index is 13.7. The van der Waals surface area contributed by atoms with Crippen molar-refractivity contribution in [3.8, 4) is 0 Å². The third kappa shape index (κ3) is 7.22. The van der Waals surface area contributed by atoms with E-state index in [1.165, 1.54) is 11.8 Å². The lowest BCUT2D eigenvalue weighted by Crippen LogP contribution is -2.34. The Morgan fingerprint density at radius 3 is 1.97 bits per heavy atom. The first kappa shape index (κ1) is 24.6. The summed E-state index contributed by atoms with van der Waals surface area (Å²) in [4.78, 5) is 28.8. The molecule has 3 rings (SSSR count). The molecule has 0 fully saturated rings. The average Bonchev–Trinajstić information content (AvgIpc) is 2.78. The molecule has 0 bridgehead atoms. The first-order valence-corrected chi connectivity index (χ1v) is 12.2. The van der Waals surface area contributed by atoms with E-state index in [-0.39, 0.29) is 22.5 Å². The SMILES string of the molecule is CCC(Sc1cccc(NC(=O)CC(C)(C)C)c1)C(=O)N(c1ccccc1)c1ccccc1. The van der Waals surface area contributed by atoms with Crippen LogP contribution in [-0.4, -0.2) is 17.1 Å². The number of hydrogen-bond donors (Lipinski definition) is 1. The number of benzene rings is 3. The van der Waals surface area contributed by atoms with Crippen molar-refractivity contribution in [1.82, 2.24) is 0 Å². The minimum atomic E-state index is -0.272. The molecule has 0 aliphatic rings. The molecule has 5 heteroatoms. The van der Waals surface area contributed by atoms with Crippen LogP contribution in [-0.2, 0) is 9.59 Å². The molecule has 1 atom stereocenters. The van der Waals surface area contributed by atoms with Crippen molar-refractivity contribution in [3.63, 3.8) is 0 Å². The Bertz CT molecular complexity index is 1020. The minimum Gasteiger partial charge on any atom is -0.326 e. The Morgan fingerprint density at radius 2 is 1.45 bits per heavy atom. The normalized spacial score (nSPS) is 12.1. The van der Waals surface area contributed by atoms with Crippen molar-refractivity contribution < 1.29 is 9.59 Å². The summed E-state index contributed by atoms with van der Waals surface area (Å²) in [6, 6.07) is 27.2. The summed E-state index contributed by atoms with van der Waals surface area (Å²) >= 11 is 1.53. The fourth-order valence-electron chi connectivity index (χ4n) is 3.51. The van der Waals surface area contributed by atoms with Crippen LogP contribution in [0.2, 0.25) is 0 Å². The lowest BCUT2D eigenvalue weighted by molar-refractivity contribution is -0.118. The second-order valence-electron chi connectivity index (χ2n) is 9.17. The lowest BCUT2D eigenvalue weighted by atomic mass is 9.92. The van der Waals surface area contributed by atoms with Gasteiger partial charge in [0.25, 0.3) is 0 Å². The van der Waals surface area contributed by atoms with Crippen LogP contribution in [0.15, 0.2) is 89.8 Å². The van der Waals surface area contributed by atoms with Gasteiger partial charge in [0.15, 0.2) is 0 Å². The summed E-state index contributed by atoms with van der Waals surface area (Å²) in [7, 11) is 0. The molecule has 3 aromatic carbocycles. The Kier molecular flexibility index (Phi) is 8.34. The maximum atomic E-state index is 13.7. The predicted octanol–water partition coefficient (Wildman–Crippen LogP) is 7.30. The van der Waals surface area contributed by atoms with E-state index in [2.05, 4.69) is 5.32 Å². The topological polar surface area (TPSA) is 49.4 Å². The second kappa shape index (κ2) is 11.2. The third-order valence-corrected chi connectivity index (χ3v) is 6.33. The van der Waals surface area contributed by atoms with Crippen LogP contribution in [0.4, 0.5) is 17.1 Å². The average molecular weight is 461 g/mol. The van der Waals surface area contributed by atoms with Gasteiger partial charge in [0.2, 0.25) is 11.8 Å². The van der Waals surface area contributed by atoms with Gasteiger partial charge in [-0.05, 0) is 54.3 Å². The first-order chi connectivity index (χ1) is 15.8. The minimum absolute atomic E-state index is 0.00732. The van der Waals surface area contributed by atoms with Crippen LogP contribution in [0, 0.1) is 5.41 Å². The van der Waals surface area contributed by atoms with Gasteiger partial charge in [-0.2, -0.15) is 0 Å². The molecule has 33 heavy (non-hydrogen) atoms. The van der Waals surface area contributed by atoms with Gasteiger partial charge in [-0.15, -0.1) is 11.8 Å². The number of thioether (sulfide) groups is 1. The molecule has 2 amide bonds. The van der Waals surface area contributed by atoms with Crippen molar-refractivity contribution in [2.45, 2.75) is 50.7 Å². The van der Waals surface area contributed by atoms with Crippen LogP contribution in [0.3, 0.4) is 0 Å². The van der Waals surface area contributed by atoms with Crippen molar-refractivity contribution >= 4 is 40.6 Å². The van der Waals surface area contributed by atoms with Crippen molar-refractivity contribution in [2.75, 3.05) is 10.2 Å². The van der Waals surface area contributed by atoms with E-state index < -0.39 is 0 Å². The summed E-state index contributed by atoms with van der Waals surface area (Å²) < 4.78 is 0. The zero-order valence-corrected chi connectivity index (χ0v) is 20.6. The van der Waals surface area contributed by atoms with E-state index in [9.17, 15) is 9.59 Å². The number of nitrogens with zero attached hydrogens (tertiary/aromatic N) is 1. The molecule has 0 heterocycles. The largest absolute Gasteiger partial charge is 0.326 e. The molecule has 0 aromatic heterocycles. The first-order valence-electron chi connectivity index (χ1n) is 11.3. The van der Waals surface area contributed by atoms with Gasteiger partial charge >= 0.3 is 0 Å². The number of carbonyl (C=O) groups is 2. The number of anilines is 3. The Morgan fingerprint density at radius 1 is 0.879 bits per heavy atom. The maximum Gasteiger partial charge on any atom is 0.245 e. The molecule has 1 unspecified atom stereocenters. The Balaban J connectivity index is 1.81. The van der Waals surface area contributed by atoms with Crippen LogP contribution in [0.1, 0.15) is 40.5 Å². The highest BCUT2D eigenvalue weighted by Crippen LogP contribution is 2.33. The number of nitrogens with one attached hydrogen (secondary N) is 1. The molecule has 0 saturated heterocycles. The summed E-state index contributed by atoms with van der Waals surface area (Å²) in [5, 5.41) is 2.71. The number of carbonyl (C=O) groups excluding carboxylic acids is 2. The molecule has 172 valence electrons. The zero-order chi connectivity index (χ0) is 23.8. The fourth-order valence-corrected chi connectivity index (χ4v) is 4.56. The Hall–Kier alpha value is -3.05. The third-order valence-electron chi connectivity index (χ3n) is 4.98. The van der Waals surface area contributed by atoms with E-state index in [1.807, 2.05) is 113 Å². The monoisotopic (exact) mass is 460 g/mol. The summed E-state index contributed by atoms with van der Waals surface area (Å²) in [5.41, 5.74) is 2.36. The summed E-state index contributed by atoms with van der Waals surface area (Å²) in [6.07, 6.45) is 1.13. The highest BCUT2D eigenvalue weighted by Gasteiger charge is 2.26. The summed E-state index contributed by atoms with van der Waals surface area (Å²) in [5.74, 6) is 0.0224. The van der Waals surface area contributed by atoms with Gasteiger partial charge in [-0.3, -0.25) is 14.5 Å². The predicted molar refractivity (Wildman–Crippen MR) is 139 cm³/mol. The molecule has 0 aliphatic carbocycles. The van der Waals surface area contributed by atoms with Crippen molar-refractivity contribution in [2.24, 2.45) is 5.41 Å². The van der Waals surface area contributed by atoms with Gasteiger partial charge in [0.1, 0.15) is 0 Å². The molecule has 3 aromatic rings. The van der Waals surface area contributed by atoms with Gasteiger partial charge in [-0.1, -0.05) is 70.2 Å². The van der Waals surface area contributed by atoms with E-state index in [0.717, 1.165) is 22.0 Å². The lowest BCUT2D eigenvalue weighted by Gasteiger charge is -2.27. The quantitative estimate of drug-likeness (QED) is 0.359. The molecular formula is C28H32N2O2S. The highest BCUT2D eigenvalue weighted by molar-refractivity contribution is 8.00. The Labute approximate surface area is 201 Å². The standard InChI is InChI=1S/C28H32N2O2S/c1-5-25(33-24-18-12-13-21(19-24)29-26(31)20-28(2,3)4)27(32)30(22-14-8-6-9-15-22)23-16-10-7-11-17-23/h6-19,25H,5,20H2,1-4H3,(H,29,31). The van der Waals surface area contributed by atoms with Gasteiger partial charge in [-0.25, -0.2) is 0 Å². The van der Waals surface area contributed by atoms with Crippen LogP contribution in [0.5, 0.6) is 0 Å². The van der Waals surface area contributed by atoms with Gasteiger partial charge in [0.05, 0.1) is 5.25 Å². The molecule has 0 spiro atoms. The zero-order valence-electron chi connectivity index (χ0n) is 19.7. The van der Waals surface area contributed by atoms with E-state index >= 15 is 0 Å². The molecule has 1 N–H and O–H groups in total. The van der Waals surface area contributed by atoms with Crippen LogP contribution in [0.25, 0.3) is 0 Å². The summed E-state index contributed by atoms with van der Waals surface area (Å²) in [6.45, 7) is 8.16. The van der Waals surface area contributed by atoms with Gasteiger partial charge in [0, 0.05) is 28.4 Å². The number of amides is 2. The number of rotatable bonds is 8.